The number of carbonyl (C=O) groups excluding carboxylic acids is 2. The molecule has 0 saturated heterocycles. The highest BCUT2D eigenvalue weighted by molar-refractivity contribution is 5.94. The van der Waals surface area contributed by atoms with Gasteiger partial charge in [0.1, 0.15) is 11.5 Å². The van der Waals surface area contributed by atoms with Crippen molar-refractivity contribution in [3.63, 3.8) is 0 Å². The van der Waals surface area contributed by atoms with Crippen LogP contribution in [0.25, 0.3) is 0 Å². The summed E-state index contributed by atoms with van der Waals surface area (Å²) in [5.41, 5.74) is 0.240. The van der Waals surface area contributed by atoms with Crippen LogP contribution in [0.4, 0.5) is 4.39 Å². The third-order valence-corrected chi connectivity index (χ3v) is 2.84. The van der Waals surface area contributed by atoms with Gasteiger partial charge in [-0.15, -0.1) is 0 Å². The summed E-state index contributed by atoms with van der Waals surface area (Å²) in [7, 11) is 0. The van der Waals surface area contributed by atoms with Crippen LogP contribution in [0.15, 0.2) is 42.9 Å². The van der Waals surface area contributed by atoms with Gasteiger partial charge in [0.05, 0.1) is 11.8 Å². The Morgan fingerprint density at radius 2 is 1.77 bits per heavy atom. The van der Waals surface area contributed by atoms with Crippen molar-refractivity contribution in [2.24, 2.45) is 0 Å². The fourth-order valence-electron chi connectivity index (χ4n) is 1.74. The van der Waals surface area contributed by atoms with Crippen LogP contribution in [0, 0.1) is 5.82 Å². The lowest BCUT2D eigenvalue weighted by Gasteiger charge is -2.07. The Balaban J connectivity index is 1.69. The second kappa shape index (κ2) is 7.82. The summed E-state index contributed by atoms with van der Waals surface area (Å²) in [6.45, 7) is 0.695. The molecule has 0 radical (unpaired) electrons. The lowest BCUT2D eigenvalue weighted by atomic mass is 10.2. The van der Waals surface area contributed by atoms with Crippen molar-refractivity contribution in [1.29, 1.82) is 0 Å². The van der Waals surface area contributed by atoms with Crippen molar-refractivity contribution in [3.05, 3.63) is 59.9 Å². The smallest absolute Gasteiger partial charge is 0.271 e. The summed E-state index contributed by atoms with van der Waals surface area (Å²) in [6, 6.07) is 5.77. The normalized spacial score (nSPS) is 10.0. The quantitative estimate of drug-likeness (QED) is 0.784. The maximum absolute atomic E-state index is 13.4. The Bertz CT molecular complexity index is 649. The maximum Gasteiger partial charge on any atom is 0.271 e. The van der Waals surface area contributed by atoms with Gasteiger partial charge in [0.15, 0.2) is 0 Å². The molecule has 7 heteroatoms. The molecule has 6 nitrogen and oxygen atoms in total. The summed E-state index contributed by atoms with van der Waals surface area (Å²) in [5, 5.41) is 5.25. The van der Waals surface area contributed by atoms with E-state index in [1.165, 1.54) is 36.8 Å². The first kappa shape index (κ1) is 15.6. The Kier molecular flexibility index (Phi) is 5.53. The van der Waals surface area contributed by atoms with Crippen molar-refractivity contribution in [2.75, 3.05) is 13.1 Å². The molecule has 0 aliphatic carbocycles. The molecule has 0 unspecified atom stereocenters. The number of hydrogen-bond acceptors (Lipinski definition) is 4. The Labute approximate surface area is 126 Å². The van der Waals surface area contributed by atoms with E-state index < -0.39 is 11.7 Å². The highest BCUT2D eigenvalue weighted by atomic mass is 19.1. The van der Waals surface area contributed by atoms with Gasteiger partial charge >= 0.3 is 0 Å². The Morgan fingerprint density at radius 3 is 2.45 bits per heavy atom. The first-order chi connectivity index (χ1) is 10.7. The number of nitrogens with zero attached hydrogens (tertiary/aromatic N) is 2. The van der Waals surface area contributed by atoms with E-state index in [0.717, 1.165) is 0 Å². The monoisotopic (exact) mass is 302 g/mol. The van der Waals surface area contributed by atoms with Crippen LogP contribution < -0.4 is 10.6 Å². The average molecular weight is 302 g/mol. The number of benzene rings is 1. The van der Waals surface area contributed by atoms with Gasteiger partial charge in [-0.05, 0) is 18.6 Å². The molecular formula is C15H15FN4O2. The predicted molar refractivity (Wildman–Crippen MR) is 77.7 cm³/mol. The number of halogens is 1. The molecule has 0 aliphatic rings. The minimum absolute atomic E-state index is 0.00564. The maximum atomic E-state index is 13.4. The standard InChI is InChI=1S/C15H15FN4O2/c16-12-5-2-1-4-11(12)14(21)19-6-3-7-20-15(22)13-10-17-8-9-18-13/h1-2,4-5,8-10H,3,6-7H2,(H,19,21)(H,20,22). The first-order valence-corrected chi connectivity index (χ1v) is 6.75. The largest absolute Gasteiger partial charge is 0.352 e. The van der Waals surface area contributed by atoms with Crippen LogP contribution in [0.3, 0.4) is 0 Å². The molecule has 1 aromatic carbocycles. The van der Waals surface area contributed by atoms with Gasteiger partial charge < -0.3 is 10.6 Å². The van der Waals surface area contributed by atoms with E-state index in [2.05, 4.69) is 20.6 Å². The summed E-state index contributed by atoms with van der Waals surface area (Å²) in [4.78, 5) is 31.1. The molecule has 2 amide bonds. The van der Waals surface area contributed by atoms with Crippen LogP contribution in [-0.4, -0.2) is 34.9 Å². The van der Waals surface area contributed by atoms with E-state index in [1.807, 2.05) is 0 Å². The molecule has 0 bridgehead atoms. The lowest BCUT2D eigenvalue weighted by Crippen LogP contribution is -2.30. The summed E-state index contributed by atoms with van der Waals surface area (Å²) < 4.78 is 13.4. The number of rotatable bonds is 6. The van der Waals surface area contributed by atoms with Crippen molar-refractivity contribution < 1.29 is 14.0 Å². The molecular weight excluding hydrogens is 287 g/mol. The third-order valence-electron chi connectivity index (χ3n) is 2.84. The number of hydrogen-bond donors (Lipinski definition) is 2. The minimum Gasteiger partial charge on any atom is -0.352 e. The highest BCUT2D eigenvalue weighted by Crippen LogP contribution is 2.05. The van der Waals surface area contributed by atoms with Gasteiger partial charge in [0.2, 0.25) is 0 Å². The van der Waals surface area contributed by atoms with Crippen molar-refractivity contribution in [1.82, 2.24) is 20.6 Å². The topological polar surface area (TPSA) is 84.0 Å². The summed E-state index contributed by atoms with van der Waals surface area (Å²) >= 11 is 0. The van der Waals surface area contributed by atoms with Crippen molar-refractivity contribution in [3.8, 4) is 0 Å². The number of carbonyl (C=O) groups is 2. The van der Waals surface area contributed by atoms with Crippen molar-refractivity contribution >= 4 is 11.8 Å². The predicted octanol–water partition coefficient (Wildman–Crippen LogP) is 1.17. The lowest BCUT2D eigenvalue weighted by molar-refractivity contribution is 0.0947. The second-order valence-corrected chi connectivity index (χ2v) is 4.44. The zero-order chi connectivity index (χ0) is 15.8. The molecule has 0 aliphatic heterocycles. The third kappa shape index (κ3) is 4.34. The fraction of sp³-hybridized carbons (Fsp3) is 0.200. The van der Waals surface area contributed by atoms with Crippen LogP contribution in [0.2, 0.25) is 0 Å². The average Bonchev–Trinajstić information content (AvgIpc) is 2.55. The van der Waals surface area contributed by atoms with Crippen LogP contribution in [0.5, 0.6) is 0 Å². The molecule has 114 valence electrons. The second-order valence-electron chi connectivity index (χ2n) is 4.44. The molecule has 0 atom stereocenters. The number of aromatic nitrogens is 2. The fourth-order valence-corrected chi connectivity index (χ4v) is 1.74. The van der Waals surface area contributed by atoms with E-state index in [1.54, 1.807) is 6.07 Å². The van der Waals surface area contributed by atoms with Gasteiger partial charge in [-0.25, -0.2) is 9.37 Å². The molecule has 22 heavy (non-hydrogen) atoms. The molecule has 0 fully saturated rings. The van der Waals surface area contributed by atoms with Crippen LogP contribution in [0.1, 0.15) is 27.3 Å². The van der Waals surface area contributed by atoms with E-state index in [-0.39, 0.29) is 17.2 Å². The Morgan fingerprint density at radius 1 is 1.05 bits per heavy atom. The minimum atomic E-state index is -0.559. The first-order valence-electron chi connectivity index (χ1n) is 6.75. The Hall–Kier alpha value is -2.83. The summed E-state index contributed by atoms with van der Waals surface area (Å²) in [6.07, 6.45) is 4.81. The van der Waals surface area contributed by atoms with Gasteiger partial charge in [0.25, 0.3) is 11.8 Å². The molecule has 1 heterocycles. The van der Waals surface area contributed by atoms with Crippen LogP contribution >= 0.6 is 0 Å². The van der Waals surface area contributed by atoms with Gasteiger partial charge in [-0.2, -0.15) is 0 Å². The zero-order valence-corrected chi connectivity index (χ0v) is 11.8. The highest BCUT2D eigenvalue weighted by Gasteiger charge is 2.10. The molecule has 0 spiro atoms. The van der Waals surface area contributed by atoms with E-state index >= 15 is 0 Å². The number of nitrogens with one attached hydrogen (secondary N) is 2. The van der Waals surface area contributed by atoms with E-state index in [4.69, 9.17) is 0 Å². The summed E-state index contributed by atoms with van der Waals surface area (Å²) in [5.74, 6) is -1.36. The number of amides is 2. The molecule has 2 rings (SSSR count). The molecule has 1 aromatic heterocycles. The van der Waals surface area contributed by atoms with E-state index in [9.17, 15) is 14.0 Å². The van der Waals surface area contributed by atoms with Gasteiger partial charge in [0, 0.05) is 25.5 Å². The van der Waals surface area contributed by atoms with Crippen LogP contribution in [-0.2, 0) is 0 Å². The van der Waals surface area contributed by atoms with Crippen molar-refractivity contribution in [2.45, 2.75) is 6.42 Å². The molecule has 2 aromatic rings. The van der Waals surface area contributed by atoms with E-state index in [0.29, 0.717) is 19.5 Å². The molecule has 0 saturated carbocycles. The van der Waals surface area contributed by atoms with Gasteiger partial charge in [-0.1, -0.05) is 12.1 Å². The molecule has 2 N–H and O–H groups in total. The SMILES string of the molecule is O=C(NCCCNC(=O)c1ccccc1F)c1cnccn1. The van der Waals surface area contributed by atoms with Gasteiger partial charge in [-0.3, -0.25) is 14.6 Å². The zero-order valence-electron chi connectivity index (χ0n) is 11.8.